The Hall–Kier alpha value is -2.01. The van der Waals surface area contributed by atoms with Crippen LogP contribution in [0.15, 0.2) is 36.9 Å². The first kappa shape index (κ1) is 16.0. The Morgan fingerprint density at radius 1 is 1.45 bits per heavy atom. The van der Waals surface area contributed by atoms with Crippen molar-refractivity contribution in [3.8, 4) is 5.75 Å². The van der Waals surface area contributed by atoms with Crippen LogP contribution < -0.4 is 10.1 Å². The number of halogens is 1. The lowest BCUT2D eigenvalue weighted by molar-refractivity contribution is -0.142. The molecule has 1 aromatic carbocycles. The van der Waals surface area contributed by atoms with Crippen LogP contribution in [0.5, 0.6) is 5.75 Å². The van der Waals surface area contributed by atoms with Crippen LogP contribution in [0, 0.1) is 0 Å². The summed E-state index contributed by atoms with van der Waals surface area (Å²) in [6.45, 7) is 3.22. The van der Waals surface area contributed by atoms with Crippen LogP contribution in [-0.4, -0.2) is 29.6 Å². The lowest BCUT2D eigenvalue weighted by Crippen LogP contribution is -2.42. The number of nitrogens with one attached hydrogen (secondary N) is 1. The molecule has 0 bridgehead atoms. The number of hydrogen-bond acceptors (Lipinski definition) is 3. The number of amides is 1. The van der Waals surface area contributed by atoms with Gasteiger partial charge in [0.1, 0.15) is 11.8 Å². The summed E-state index contributed by atoms with van der Waals surface area (Å²) in [4.78, 5) is 22.6. The Morgan fingerprint density at radius 3 is 2.75 bits per heavy atom. The van der Waals surface area contributed by atoms with Gasteiger partial charge in [-0.15, -0.1) is 6.58 Å². The molecule has 1 rings (SSSR count). The van der Waals surface area contributed by atoms with Gasteiger partial charge in [0.2, 0.25) is 0 Å². The molecule has 0 aliphatic carbocycles. The third-order valence-electron chi connectivity index (χ3n) is 2.49. The molecule has 0 spiro atoms. The van der Waals surface area contributed by atoms with Crippen LogP contribution in [-0.2, 0) is 9.59 Å². The minimum Gasteiger partial charge on any atom is -0.482 e. The average Bonchev–Trinajstić information content (AvgIpc) is 2.42. The predicted octanol–water partition coefficient (Wildman–Crippen LogP) is 2.25. The topological polar surface area (TPSA) is 75.6 Å². The summed E-state index contributed by atoms with van der Waals surface area (Å²) in [5, 5.41) is 11.7. The summed E-state index contributed by atoms with van der Waals surface area (Å²) in [5.41, 5.74) is 0. The first-order valence-electron chi connectivity index (χ1n) is 6.05. The fraction of sp³-hybridized carbons (Fsp3) is 0.286. The Balaban J connectivity index is 2.48. The van der Waals surface area contributed by atoms with Crippen molar-refractivity contribution in [3.63, 3.8) is 0 Å². The van der Waals surface area contributed by atoms with E-state index in [0.29, 0.717) is 17.2 Å². The zero-order chi connectivity index (χ0) is 15.0. The van der Waals surface area contributed by atoms with Crippen LogP contribution in [0.4, 0.5) is 0 Å². The molecule has 1 unspecified atom stereocenters. The maximum absolute atomic E-state index is 11.6. The molecule has 1 aromatic rings. The van der Waals surface area contributed by atoms with Gasteiger partial charge < -0.3 is 15.2 Å². The van der Waals surface area contributed by atoms with Crippen LogP contribution in [0.1, 0.15) is 12.8 Å². The molecule has 0 aliphatic rings. The third kappa shape index (κ3) is 5.32. The van der Waals surface area contributed by atoms with Crippen molar-refractivity contribution in [2.45, 2.75) is 18.9 Å². The number of carbonyl (C=O) groups excluding carboxylic acids is 1. The number of allylic oxidation sites excluding steroid dienone is 1. The number of carbonyl (C=O) groups is 2. The van der Waals surface area contributed by atoms with E-state index in [0.717, 1.165) is 0 Å². The molecule has 6 heteroatoms. The van der Waals surface area contributed by atoms with E-state index >= 15 is 0 Å². The van der Waals surface area contributed by atoms with Gasteiger partial charge in [0.15, 0.2) is 6.61 Å². The second-order valence-corrected chi connectivity index (χ2v) is 4.45. The maximum Gasteiger partial charge on any atom is 0.326 e. The number of para-hydroxylation sites is 1. The monoisotopic (exact) mass is 297 g/mol. The smallest absolute Gasteiger partial charge is 0.326 e. The van der Waals surface area contributed by atoms with E-state index in [9.17, 15) is 9.59 Å². The molecule has 0 aromatic heterocycles. The van der Waals surface area contributed by atoms with Gasteiger partial charge in [-0.05, 0) is 25.0 Å². The normalized spacial score (nSPS) is 11.4. The van der Waals surface area contributed by atoms with Gasteiger partial charge in [-0.2, -0.15) is 0 Å². The van der Waals surface area contributed by atoms with Gasteiger partial charge in [0.05, 0.1) is 5.02 Å². The first-order chi connectivity index (χ1) is 9.54. The Labute approximate surface area is 122 Å². The molecule has 0 saturated heterocycles. The van der Waals surface area contributed by atoms with Crippen molar-refractivity contribution < 1.29 is 19.4 Å². The van der Waals surface area contributed by atoms with E-state index in [1.165, 1.54) is 0 Å². The standard InChI is InChI=1S/C14H16ClNO4/c1-2-3-7-11(14(18)19)16-13(17)9-20-12-8-5-4-6-10(12)15/h2,4-6,8,11H,1,3,7,9H2,(H,16,17)(H,18,19). The van der Waals surface area contributed by atoms with E-state index in [1.54, 1.807) is 30.3 Å². The van der Waals surface area contributed by atoms with Crippen molar-refractivity contribution in [2.24, 2.45) is 0 Å². The lowest BCUT2D eigenvalue weighted by Gasteiger charge is -2.14. The Kier molecular flexibility index (Phi) is 6.59. The summed E-state index contributed by atoms with van der Waals surface area (Å²) in [6.07, 6.45) is 2.39. The molecule has 0 saturated carbocycles. The Bertz CT molecular complexity index is 490. The Morgan fingerprint density at radius 2 is 2.15 bits per heavy atom. The second kappa shape index (κ2) is 8.22. The van der Waals surface area contributed by atoms with E-state index < -0.39 is 17.9 Å². The summed E-state index contributed by atoms with van der Waals surface area (Å²) >= 11 is 5.87. The molecule has 2 N–H and O–H groups in total. The summed E-state index contributed by atoms with van der Waals surface area (Å²) < 4.78 is 5.23. The zero-order valence-corrected chi connectivity index (χ0v) is 11.6. The molecular formula is C14H16ClNO4. The van der Waals surface area contributed by atoms with Crippen LogP contribution in [0.3, 0.4) is 0 Å². The van der Waals surface area contributed by atoms with Crippen molar-refractivity contribution in [2.75, 3.05) is 6.61 Å². The molecule has 5 nitrogen and oxygen atoms in total. The maximum atomic E-state index is 11.6. The van der Waals surface area contributed by atoms with E-state index in [4.69, 9.17) is 21.4 Å². The quantitative estimate of drug-likeness (QED) is 0.722. The highest BCUT2D eigenvalue weighted by molar-refractivity contribution is 6.32. The van der Waals surface area contributed by atoms with Crippen LogP contribution in [0.25, 0.3) is 0 Å². The fourth-order valence-corrected chi connectivity index (χ4v) is 1.67. The molecular weight excluding hydrogens is 282 g/mol. The second-order valence-electron chi connectivity index (χ2n) is 4.04. The summed E-state index contributed by atoms with van der Waals surface area (Å²) in [6, 6.07) is 5.78. The average molecular weight is 298 g/mol. The molecule has 0 aliphatic heterocycles. The minimum atomic E-state index is -1.09. The number of carboxylic acids is 1. The molecule has 1 amide bonds. The number of carboxylic acid groups (broad SMARTS) is 1. The van der Waals surface area contributed by atoms with Gasteiger partial charge in [-0.3, -0.25) is 4.79 Å². The molecule has 0 fully saturated rings. The van der Waals surface area contributed by atoms with Crippen molar-refractivity contribution >= 4 is 23.5 Å². The van der Waals surface area contributed by atoms with Gasteiger partial charge >= 0.3 is 5.97 Å². The minimum absolute atomic E-state index is 0.288. The van der Waals surface area contributed by atoms with E-state index in [-0.39, 0.29) is 13.0 Å². The van der Waals surface area contributed by atoms with Gasteiger partial charge in [0.25, 0.3) is 5.91 Å². The van der Waals surface area contributed by atoms with Crippen molar-refractivity contribution in [3.05, 3.63) is 41.9 Å². The number of benzene rings is 1. The predicted molar refractivity (Wildman–Crippen MR) is 75.9 cm³/mol. The fourth-order valence-electron chi connectivity index (χ4n) is 1.48. The highest BCUT2D eigenvalue weighted by Gasteiger charge is 2.19. The van der Waals surface area contributed by atoms with Gasteiger partial charge in [-0.1, -0.05) is 29.8 Å². The first-order valence-corrected chi connectivity index (χ1v) is 6.42. The molecule has 108 valence electrons. The van der Waals surface area contributed by atoms with Crippen molar-refractivity contribution in [1.82, 2.24) is 5.32 Å². The molecule has 1 atom stereocenters. The number of hydrogen-bond donors (Lipinski definition) is 2. The molecule has 0 radical (unpaired) electrons. The van der Waals surface area contributed by atoms with E-state index in [2.05, 4.69) is 11.9 Å². The van der Waals surface area contributed by atoms with E-state index in [1.807, 2.05) is 0 Å². The number of rotatable bonds is 8. The number of aliphatic carboxylic acids is 1. The molecule has 0 heterocycles. The number of ether oxygens (including phenoxy) is 1. The van der Waals surface area contributed by atoms with Gasteiger partial charge in [0, 0.05) is 0 Å². The zero-order valence-electron chi connectivity index (χ0n) is 10.8. The summed E-state index contributed by atoms with van der Waals surface area (Å²) in [5.74, 6) is -1.22. The largest absolute Gasteiger partial charge is 0.482 e. The lowest BCUT2D eigenvalue weighted by atomic mass is 10.1. The summed E-state index contributed by atoms with van der Waals surface area (Å²) in [7, 11) is 0. The van der Waals surface area contributed by atoms with Crippen LogP contribution >= 0.6 is 11.6 Å². The highest BCUT2D eigenvalue weighted by Crippen LogP contribution is 2.22. The van der Waals surface area contributed by atoms with Crippen molar-refractivity contribution in [1.29, 1.82) is 0 Å². The SMILES string of the molecule is C=CCCC(NC(=O)COc1ccccc1Cl)C(=O)O. The molecule has 20 heavy (non-hydrogen) atoms. The highest BCUT2D eigenvalue weighted by atomic mass is 35.5. The van der Waals surface area contributed by atoms with Crippen LogP contribution in [0.2, 0.25) is 5.02 Å². The third-order valence-corrected chi connectivity index (χ3v) is 2.80. The van der Waals surface area contributed by atoms with Gasteiger partial charge in [-0.25, -0.2) is 4.79 Å².